The van der Waals surface area contributed by atoms with Crippen LogP contribution in [0.4, 0.5) is 0 Å². The Balaban J connectivity index is 2.09. The Morgan fingerprint density at radius 1 is 1.38 bits per heavy atom. The van der Waals surface area contributed by atoms with Crippen molar-refractivity contribution in [3.63, 3.8) is 0 Å². The average molecular weight is 309 g/mol. The van der Waals surface area contributed by atoms with E-state index in [1.807, 2.05) is 6.07 Å². The largest absolute Gasteiger partial charge is 0.316 e. The highest BCUT2D eigenvalue weighted by atomic mass is 35.5. The number of rotatable bonds is 7. The Bertz CT molecular complexity index is 415. The molecule has 0 saturated carbocycles. The summed E-state index contributed by atoms with van der Waals surface area (Å²) in [6, 6.07) is 8.89. The summed E-state index contributed by atoms with van der Waals surface area (Å²) in [4.78, 5) is 2.67. The van der Waals surface area contributed by atoms with E-state index in [1.54, 1.807) is 0 Å². The number of halogens is 1. The summed E-state index contributed by atoms with van der Waals surface area (Å²) in [5, 5.41) is 4.39. The quantitative estimate of drug-likeness (QED) is 0.797. The summed E-state index contributed by atoms with van der Waals surface area (Å²) in [6.07, 6.45) is 5.02. The second-order valence-corrected chi connectivity index (χ2v) is 6.62. The molecule has 2 atom stereocenters. The Morgan fingerprint density at radius 3 is 2.86 bits per heavy atom. The molecule has 21 heavy (non-hydrogen) atoms. The molecule has 0 spiro atoms. The van der Waals surface area contributed by atoms with Gasteiger partial charge in [-0.05, 0) is 68.9 Å². The fourth-order valence-electron chi connectivity index (χ4n) is 3.49. The summed E-state index contributed by atoms with van der Waals surface area (Å²) in [5.74, 6) is 0.790. The van der Waals surface area contributed by atoms with Crippen molar-refractivity contribution in [1.82, 2.24) is 10.2 Å². The second-order valence-electron chi connectivity index (χ2n) is 6.19. The van der Waals surface area contributed by atoms with Gasteiger partial charge in [-0.3, -0.25) is 4.90 Å². The second kappa shape index (κ2) is 8.77. The monoisotopic (exact) mass is 308 g/mol. The van der Waals surface area contributed by atoms with E-state index in [4.69, 9.17) is 11.6 Å². The van der Waals surface area contributed by atoms with Crippen molar-refractivity contribution >= 4 is 11.6 Å². The molecule has 0 amide bonds. The number of hydrogen-bond acceptors (Lipinski definition) is 2. The van der Waals surface area contributed by atoms with Crippen LogP contribution in [-0.2, 0) is 0 Å². The summed E-state index contributed by atoms with van der Waals surface area (Å²) in [5.41, 5.74) is 1.36. The smallest absolute Gasteiger partial charge is 0.0409 e. The van der Waals surface area contributed by atoms with Crippen LogP contribution in [0, 0.1) is 5.92 Å². The molecule has 118 valence electrons. The highest BCUT2D eigenvalue weighted by molar-refractivity contribution is 6.30. The van der Waals surface area contributed by atoms with Gasteiger partial charge in [-0.2, -0.15) is 0 Å². The molecule has 1 aromatic carbocycles. The summed E-state index contributed by atoms with van der Waals surface area (Å²) >= 11 is 6.19. The van der Waals surface area contributed by atoms with Crippen molar-refractivity contribution in [2.24, 2.45) is 5.92 Å². The molecule has 1 saturated heterocycles. The zero-order valence-electron chi connectivity index (χ0n) is 13.4. The Labute approximate surface area is 134 Å². The highest BCUT2D eigenvalue weighted by Gasteiger charge is 2.23. The van der Waals surface area contributed by atoms with Crippen molar-refractivity contribution in [2.45, 2.75) is 45.6 Å². The first kappa shape index (κ1) is 16.8. The predicted molar refractivity (Wildman–Crippen MR) is 91.9 cm³/mol. The Hall–Kier alpha value is -0.570. The normalized spacial score (nSPS) is 20.7. The molecule has 2 unspecified atom stereocenters. The number of nitrogens with one attached hydrogen (secondary N) is 1. The van der Waals surface area contributed by atoms with Crippen LogP contribution in [0.5, 0.6) is 0 Å². The maximum absolute atomic E-state index is 6.19. The van der Waals surface area contributed by atoms with Gasteiger partial charge in [-0.25, -0.2) is 0 Å². The number of nitrogens with zero attached hydrogens (tertiary/aromatic N) is 1. The fraction of sp³-hybridized carbons (Fsp3) is 0.667. The van der Waals surface area contributed by atoms with Gasteiger partial charge in [-0.1, -0.05) is 37.6 Å². The van der Waals surface area contributed by atoms with Gasteiger partial charge >= 0.3 is 0 Å². The van der Waals surface area contributed by atoms with Gasteiger partial charge in [0, 0.05) is 17.6 Å². The van der Waals surface area contributed by atoms with Crippen molar-refractivity contribution in [1.29, 1.82) is 0 Å². The molecule has 0 bridgehead atoms. The molecular weight excluding hydrogens is 280 g/mol. The lowest BCUT2D eigenvalue weighted by Gasteiger charge is -2.35. The topological polar surface area (TPSA) is 15.3 Å². The van der Waals surface area contributed by atoms with Crippen molar-refractivity contribution in [2.75, 3.05) is 26.2 Å². The molecule has 1 aliphatic heterocycles. The zero-order chi connectivity index (χ0) is 15.1. The first-order valence-electron chi connectivity index (χ1n) is 8.44. The molecule has 1 fully saturated rings. The summed E-state index contributed by atoms with van der Waals surface area (Å²) in [6.45, 7) is 9.29. The van der Waals surface area contributed by atoms with Crippen LogP contribution >= 0.6 is 11.6 Å². The number of hydrogen-bond donors (Lipinski definition) is 1. The van der Waals surface area contributed by atoms with Gasteiger partial charge in [0.05, 0.1) is 0 Å². The fourth-order valence-corrected chi connectivity index (χ4v) is 3.69. The minimum atomic E-state index is 0.491. The minimum Gasteiger partial charge on any atom is -0.316 e. The molecule has 3 heteroatoms. The molecule has 1 aromatic rings. The van der Waals surface area contributed by atoms with Gasteiger partial charge in [0.25, 0.3) is 0 Å². The molecule has 2 nitrogen and oxygen atoms in total. The molecule has 0 aromatic heterocycles. The first-order chi connectivity index (χ1) is 10.2. The van der Waals surface area contributed by atoms with Crippen molar-refractivity contribution in [3.05, 3.63) is 34.9 Å². The van der Waals surface area contributed by atoms with Crippen molar-refractivity contribution in [3.8, 4) is 0 Å². The Kier molecular flexibility index (Phi) is 7.01. The lowest BCUT2D eigenvalue weighted by Crippen LogP contribution is -2.40. The van der Waals surface area contributed by atoms with E-state index in [0.29, 0.717) is 6.04 Å². The lowest BCUT2D eigenvalue weighted by molar-refractivity contribution is 0.149. The first-order valence-corrected chi connectivity index (χ1v) is 8.82. The predicted octanol–water partition coefficient (Wildman–Crippen LogP) is 4.50. The van der Waals surface area contributed by atoms with Crippen LogP contribution < -0.4 is 5.32 Å². The summed E-state index contributed by atoms with van der Waals surface area (Å²) in [7, 11) is 0. The van der Waals surface area contributed by atoms with E-state index >= 15 is 0 Å². The standard InChI is InChI=1S/C18H29ClN2/c1-3-11-21(14-15-7-6-10-20-13-15)18(4-2)16-8-5-9-17(19)12-16/h5,8-9,12,15,18,20H,3-4,6-7,10-11,13-14H2,1-2H3. The number of piperidine rings is 1. The van der Waals surface area contributed by atoms with E-state index < -0.39 is 0 Å². The maximum Gasteiger partial charge on any atom is 0.0409 e. The third kappa shape index (κ3) is 4.98. The van der Waals surface area contributed by atoms with Crippen LogP contribution in [0.3, 0.4) is 0 Å². The van der Waals surface area contributed by atoms with Crippen molar-refractivity contribution < 1.29 is 0 Å². The molecule has 1 aliphatic rings. The SMILES string of the molecule is CCCN(CC1CCCNC1)C(CC)c1cccc(Cl)c1. The van der Waals surface area contributed by atoms with Crippen LogP contribution in [0.1, 0.15) is 51.1 Å². The maximum atomic E-state index is 6.19. The van der Waals surface area contributed by atoms with E-state index in [-0.39, 0.29) is 0 Å². The molecule has 0 aliphatic carbocycles. The molecule has 1 N–H and O–H groups in total. The molecule has 2 rings (SSSR count). The zero-order valence-corrected chi connectivity index (χ0v) is 14.2. The molecular formula is C18H29ClN2. The number of benzene rings is 1. The average Bonchev–Trinajstić information content (AvgIpc) is 2.49. The van der Waals surface area contributed by atoms with Gasteiger partial charge in [0.15, 0.2) is 0 Å². The van der Waals surface area contributed by atoms with Crippen LogP contribution in [0.15, 0.2) is 24.3 Å². The van der Waals surface area contributed by atoms with Gasteiger partial charge < -0.3 is 5.32 Å². The summed E-state index contributed by atoms with van der Waals surface area (Å²) < 4.78 is 0. The van der Waals surface area contributed by atoms with E-state index in [1.165, 1.54) is 51.0 Å². The minimum absolute atomic E-state index is 0.491. The molecule has 0 radical (unpaired) electrons. The third-order valence-electron chi connectivity index (χ3n) is 4.46. The van der Waals surface area contributed by atoms with Crippen LogP contribution in [0.2, 0.25) is 5.02 Å². The van der Waals surface area contributed by atoms with Crippen LogP contribution in [0.25, 0.3) is 0 Å². The van der Waals surface area contributed by atoms with Gasteiger partial charge in [-0.15, -0.1) is 0 Å². The van der Waals surface area contributed by atoms with Gasteiger partial charge in [0.2, 0.25) is 0 Å². The Morgan fingerprint density at radius 2 is 2.24 bits per heavy atom. The third-order valence-corrected chi connectivity index (χ3v) is 4.70. The molecule has 1 heterocycles. The van der Waals surface area contributed by atoms with E-state index in [9.17, 15) is 0 Å². The van der Waals surface area contributed by atoms with Gasteiger partial charge in [0.1, 0.15) is 0 Å². The lowest BCUT2D eigenvalue weighted by atomic mass is 9.96. The van der Waals surface area contributed by atoms with Crippen LogP contribution in [-0.4, -0.2) is 31.1 Å². The van der Waals surface area contributed by atoms with E-state index in [2.05, 4.69) is 42.3 Å². The highest BCUT2D eigenvalue weighted by Crippen LogP contribution is 2.28. The van der Waals surface area contributed by atoms with E-state index in [0.717, 1.165) is 17.4 Å².